The molecule has 0 fully saturated rings. The maximum absolute atomic E-state index is 2.62. The Bertz CT molecular complexity index is 4910. The van der Waals surface area contributed by atoms with Crippen LogP contribution in [0.1, 0.15) is 93.0 Å². The van der Waals surface area contributed by atoms with Gasteiger partial charge < -0.3 is 14.4 Å². The predicted molar refractivity (Wildman–Crippen MR) is 413 cm³/mol. The van der Waals surface area contributed by atoms with Crippen LogP contribution in [0, 0.1) is 20.8 Å². The molecule has 96 heavy (non-hydrogen) atoms. The number of para-hydroxylation sites is 3. The van der Waals surface area contributed by atoms with E-state index in [1.54, 1.807) is 0 Å². The lowest BCUT2D eigenvalue weighted by Crippen LogP contribution is -2.11. The van der Waals surface area contributed by atoms with Gasteiger partial charge in [0.25, 0.3) is 0 Å². The second-order valence-corrected chi connectivity index (χ2v) is 26.2. The number of rotatable bonds is 23. The topological polar surface area (TPSA) is 11.4 Å². The Morgan fingerprint density at radius 2 is 0.708 bits per heavy atom. The zero-order chi connectivity index (χ0) is 65.3. The van der Waals surface area contributed by atoms with Gasteiger partial charge >= 0.3 is 0 Å². The SMILES string of the molecule is CCCCCCc1cc(-c2ccc(N(c3ccc(-c4ccc(C)cc4)cc3)c3ccccc3-c3ccccc3)cc2C)c(CCCCCC)cc1-c1ccc2c(c1)c1cc(-c3cccc(N(c4ccccc4)c4ccccc4)c3)ccc1n2-c1ccc(-c2ccc(C)cc2)cc1. The van der Waals surface area contributed by atoms with Crippen LogP contribution in [0.2, 0.25) is 0 Å². The van der Waals surface area contributed by atoms with Gasteiger partial charge in [-0.05, 0) is 227 Å². The molecule has 0 amide bonds. The summed E-state index contributed by atoms with van der Waals surface area (Å²) in [6.45, 7) is 11.3. The Kier molecular flexibility index (Phi) is 18.8. The first-order valence-corrected chi connectivity index (χ1v) is 34.9. The van der Waals surface area contributed by atoms with Crippen molar-refractivity contribution in [1.82, 2.24) is 4.57 Å². The summed E-state index contributed by atoms with van der Waals surface area (Å²) in [4.78, 5) is 4.82. The Labute approximate surface area is 569 Å². The summed E-state index contributed by atoms with van der Waals surface area (Å²) in [6.07, 6.45) is 11.6. The number of hydrogen-bond acceptors (Lipinski definition) is 2. The van der Waals surface area contributed by atoms with Gasteiger partial charge in [0.15, 0.2) is 0 Å². The fourth-order valence-corrected chi connectivity index (χ4v) is 14.3. The normalized spacial score (nSPS) is 11.4. The molecule has 1 heterocycles. The Morgan fingerprint density at radius 1 is 0.271 bits per heavy atom. The molecular weight excluding hydrogens is 1160 g/mol. The molecule has 14 aromatic rings. The van der Waals surface area contributed by atoms with Gasteiger partial charge in [0, 0.05) is 50.5 Å². The highest BCUT2D eigenvalue weighted by molar-refractivity contribution is 6.12. The molecule has 14 rings (SSSR count). The van der Waals surface area contributed by atoms with E-state index in [0.717, 1.165) is 65.5 Å². The summed E-state index contributed by atoms with van der Waals surface area (Å²) in [5.41, 5.74) is 31.8. The van der Waals surface area contributed by atoms with Gasteiger partial charge in [-0.15, -0.1) is 0 Å². The first kappa shape index (κ1) is 62.7. The molecular formula is C93H85N3. The highest BCUT2D eigenvalue weighted by atomic mass is 15.1. The van der Waals surface area contributed by atoms with Crippen molar-refractivity contribution in [2.45, 2.75) is 98.8 Å². The van der Waals surface area contributed by atoms with Crippen LogP contribution in [0.3, 0.4) is 0 Å². The minimum Gasteiger partial charge on any atom is -0.310 e. The molecule has 3 heteroatoms. The average molecular weight is 1240 g/mol. The standard InChI is InChI=1S/C93H85N3/c1-6-8-10-15-28-76-64-88(85-57-56-84(60-68(85)5)95(91-37-24-23-36-86(91)73-26-17-12-18-27-73)81-52-46-71(47-53-81)69-42-38-66(3)39-43-69)77(29-16-11-9-7-2)63-87(76)78-51-59-93-90(65-78)89-62-75(50-58-92(89)96(93)82-54-48-72(49-55-82)70-44-40-67(4)41-45-70)74-30-25-35-83(61-74)94(79-31-19-13-20-32-79)80-33-21-14-22-34-80/h12-14,17-27,30-65H,6-11,15-16,28-29H2,1-5H3. The third-order valence-electron chi connectivity index (χ3n) is 19.5. The minimum atomic E-state index is 1.01. The summed E-state index contributed by atoms with van der Waals surface area (Å²) >= 11 is 0. The zero-order valence-corrected chi connectivity index (χ0v) is 56.3. The van der Waals surface area contributed by atoms with Crippen molar-refractivity contribution >= 4 is 55.9 Å². The van der Waals surface area contributed by atoms with Gasteiger partial charge in [-0.25, -0.2) is 0 Å². The molecule has 0 atom stereocenters. The van der Waals surface area contributed by atoms with Crippen molar-refractivity contribution in [3.05, 3.63) is 331 Å². The number of hydrogen-bond donors (Lipinski definition) is 0. The summed E-state index contributed by atoms with van der Waals surface area (Å²) < 4.78 is 2.49. The van der Waals surface area contributed by atoms with E-state index in [-0.39, 0.29) is 0 Å². The molecule has 0 spiro atoms. The van der Waals surface area contributed by atoms with Crippen LogP contribution in [-0.4, -0.2) is 4.57 Å². The second kappa shape index (κ2) is 28.9. The van der Waals surface area contributed by atoms with Gasteiger partial charge in [-0.3, -0.25) is 0 Å². The fourth-order valence-electron chi connectivity index (χ4n) is 14.3. The number of benzene rings is 13. The van der Waals surface area contributed by atoms with Gasteiger partial charge in [0.1, 0.15) is 0 Å². The molecule has 0 aliphatic rings. The molecule has 0 saturated carbocycles. The minimum absolute atomic E-state index is 1.01. The first-order valence-electron chi connectivity index (χ1n) is 34.9. The van der Waals surface area contributed by atoms with Crippen LogP contribution in [-0.2, 0) is 12.8 Å². The molecule has 0 N–H and O–H groups in total. The number of aromatic nitrogens is 1. The van der Waals surface area contributed by atoms with E-state index >= 15 is 0 Å². The van der Waals surface area contributed by atoms with Crippen molar-refractivity contribution in [2.75, 3.05) is 9.80 Å². The summed E-state index contributed by atoms with van der Waals surface area (Å²) in [5, 5.41) is 2.48. The number of unbranched alkanes of at least 4 members (excludes halogenated alkanes) is 6. The Morgan fingerprint density at radius 3 is 1.29 bits per heavy atom. The monoisotopic (exact) mass is 1240 g/mol. The van der Waals surface area contributed by atoms with Crippen LogP contribution < -0.4 is 9.80 Å². The van der Waals surface area contributed by atoms with Crippen molar-refractivity contribution in [3.63, 3.8) is 0 Å². The van der Waals surface area contributed by atoms with Gasteiger partial charge in [-0.1, -0.05) is 264 Å². The Balaban J connectivity index is 0.908. The molecule has 1 aromatic heterocycles. The summed E-state index contributed by atoms with van der Waals surface area (Å²) in [6, 6.07) is 113. The van der Waals surface area contributed by atoms with Gasteiger partial charge in [0.05, 0.1) is 16.7 Å². The zero-order valence-electron chi connectivity index (χ0n) is 56.3. The highest BCUT2D eigenvalue weighted by Gasteiger charge is 2.23. The number of aryl methyl sites for hydroxylation is 5. The second-order valence-electron chi connectivity index (χ2n) is 26.2. The van der Waals surface area contributed by atoms with Crippen molar-refractivity contribution in [3.8, 4) is 72.4 Å². The molecule has 0 unspecified atom stereocenters. The van der Waals surface area contributed by atoms with E-state index in [1.807, 2.05) is 0 Å². The number of fused-ring (bicyclic) bond motifs is 3. The van der Waals surface area contributed by atoms with E-state index in [4.69, 9.17) is 0 Å². The van der Waals surface area contributed by atoms with Crippen molar-refractivity contribution < 1.29 is 0 Å². The van der Waals surface area contributed by atoms with E-state index in [1.165, 1.54) is 155 Å². The largest absolute Gasteiger partial charge is 0.310 e. The maximum atomic E-state index is 2.62. The van der Waals surface area contributed by atoms with E-state index < -0.39 is 0 Å². The molecule has 3 nitrogen and oxygen atoms in total. The van der Waals surface area contributed by atoms with E-state index in [0.29, 0.717) is 0 Å². The third kappa shape index (κ3) is 13.4. The van der Waals surface area contributed by atoms with Crippen LogP contribution in [0.15, 0.2) is 303 Å². The first-order chi connectivity index (χ1) is 47.3. The molecule has 0 aliphatic carbocycles. The number of anilines is 6. The predicted octanol–water partition coefficient (Wildman–Crippen LogP) is 26.9. The summed E-state index contributed by atoms with van der Waals surface area (Å²) in [7, 11) is 0. The lowest BCUT2D eigenvalue weighted by molar-refractivity contribution is 0.664. The fraction of sp³-hybridized carbons (Fsp3) is 0.161. The smallest absolute Gasteiger partial charge is 0.0541 e. The van der Waals surface area contributed by atoms with Crippen LogP contribution in [0.5, 0.6) is 0 Å². The quantitative estimate of drug-likeness (QED) is 0.0592. The van der Waals surface area contributed by atoms with Crippen LogP contribution in [0.4, 0.5) is 34.1 Å². The lowest BCUT2D eigenvalue weighted by Gasteiger charge is -2.29. The maximum Gasteiger partial charge on any atom is 0.0541 e. The molecule has 0 bridgehead atoms. The lowest BCUT2D eigenvalue weighted by atomic mass is 9.85. The van der Waals surface area contributed by atoms with Crippen molar-refractivity contribution in [2.24, 2.45) is 0 Å². The molecule has 13 aromatic carbocycles. The van der Waals surface area contributed by atoms with Crippen LogP contribution in [0.25, 0.3) is 94.3 Å². The molecule has 0 aliphatic heterocycles. The van der Waals surface area contributed by atoms with E-state index in [9.17, 15) is 0 Å². The average Bonchev–Trinajstić information content (AvgIpc) is 1.56. The van der Waals surface area contributed by atoms with Crippen molar-refractivity contribution in [1.29, 1.82) is 0 Å². The van der Waals surface area contributed by atoms with Gasteiger partial charge in [0.2, 0.25) is 0 Å². The third-order valence-corrected chi connectivity index (χ3v) is 19.5. The summed E-state index contributed by atoms with van der Waals surface area (Å²) in [5.74, 6) is 0. The van der Waals surface area contributed by atoms with E-state index in [2.05, 4.69) is 352 Å². The Hall–Kier alpha value is -10.7. The molecule has 0 saturated heterocycles. The van der Waals surface area contributed by atoms with Crippen LogP contribution >= 0.6 is 0 Å². The van der Waals surface area contributed by atoms with Gasteiger partial charge in [-0.2, -0.15) is 0 Å². The molecule has 0 radical (unpaired) electrons. The molecule has 472 valence electrons. The number of nitrogens with zero attached hydrogens (tertiary/aromatic N) is 3. The highest BCUT2D eigenvalue weighted by Crippen LogP contribution is 2.46.